The summed E-state index contributed by atoms with van der Waals surface area (Å²) in [5.74, 6) is -1.08. The lowest BCUT2D eigenvalue weighted by molar-refractivity contribution is -0.127. The molecule has 0 saturated carbocycles. The van der Waals surface area contributed by atoms with E-state index in [1.807, 2.05) is 24.3 Å². The lowest BCUT2D eigenvalue weighted by Gasteiger charge is -2.23. The van der Waals surface area contributed by atoms with Gasteiger partial charge in [-0.1, -0.05) is 48.5 Å². The average molecular weight is 440 g/mol. The molecule has 0 radical (unpaired) electrons. The zero-order valence-electron chi connectivity index (χ0n) is 19.0. The third kappa shape index (κ3) is 8.06. The lowest BCUT2D eigenvalue weighted by Crippen LogP contribution is -2.50. The highest BCUT2D eigenvalue weighted by Crippen LogP contribution is 2.22. The molecule has 172 valence electrons. The SMILES string of the molecule is C=CC[C@H](CNC(=O)[C@H](CC(N)=O)NC(=O)OC(C)(C)C)Cc1cccc2ccccc12. The van der Waals surface area contributed by atoms with Crippen LogP contribution in [0.15, 0.2) is 55.1 Å². The lowest BCUT2D eigenvalue weighted by atomic mass is 9.92. The molecule has 0 aliphatic heterocycles. The Balaban J connectivity index is 2.06. The van der Waals surface area contributed by atoms with Crippen LogP contribution in [0.5, 0.6) is 0 Å². The van der Waals surface area contributed by atoms with E-state index in [-0.39, 0.29) is 12.3 Å². The van der Waals surface area contributed by atoms with Crippen molar-refractivity contribution in [2.45, 2.75) is 51.7 Å². The van der Waals surface area contributed by atoms with Gasteiger partial charge in [-0.2, -0.15) is 0 Å². The van der Waals surface area contributed by atoms with Crippen LogP contribution in [0.25, 0.3) is 10.8 Å². The first-order chi connectivity index (χ1) is 15.1. The number of fused-ring (bicyclic) bond motifs is 1. The van der Waals surface area contributed by atoms with Gasteiger partial charge in [-0.3, -0.25) is 9.59 Å². The fourth-order valence-corrected chi connectivity index (χ4v) is 3.48. The minimum absolute atomic E-state index is 0.0954. The second-order valence-corrected chi connectivity index (χ2v) is 8.85. The molecule has 0 aliphatic rings. The Hall–Kier alpha value is -3.35. The smallest absolute Gasteiger partial charge is 0.408 e. The first kappa shape index (κ1) is 24.9. The third-order valence-corrected chi connectivity index (χ3v) is 4.87. The van der Waals surface area contributed by atoms with E-state index in [1.54, 1.807) is 20.8 Å². The third-order valence-electron chi connectivity index (χ3n) is 4.87. The largest absolute Gasteiger partial charge is 0.444 e. The summed E-state index contributed by atoms with van der Waals surface area (Å²) < 4.78 is 5.19. The van der Waals surface area contributed by atoms with Gasteiger partial charge in [-0.15, -0.1) is 6.58 Å². The Morgan fingerprint density at radius 3 is 2.47 bits per heavy atom. The number of carbonyl (C=O) groups is 3. The molecule has 0 aromatic heterocycles. The van der Waals surface area contributed by atoms with Gasteiger partial charge in [0.15, 0.2) is 0 Å². The molecule has 0 saturated heterocycles. The van der Waals surface area contributed by atoms with E-state index in [9.17, 15) is 14.4 Å². The molecular weight excluding hydrogens is 406 g/mol. The number of allylic oxidation sites excluding steroid dienone is 1. The molecular formula is C25H33N3O4. The molecule has 3 amide bonds. The molecule has 0 fully saturated rings. The van der Waals surface area contributed by atoms with E-state index in [0.717, 1.165) is 11.8 Å². The molecule has 0 unspecified atom stereocenters. The van der Waals surface area contributed by atoms with Crippen molar-refractivity contribution in [3.63, 3.8) is 0 Å². The van der Waals surface area contributed by atoms with E-state index in [0.29, 0.717) is 13.0 Å². The van der Waals surface area contributed by atoms with Gasteiger partial charge in [0.2, 0.25) is 11.8 Å². The summed E-state index contributed by atoms with van der Waals surface area (Å²) in [7, 11) is 0. The van der Waals surface area contributed by atoms with Crippen LogP contribution in [0.3, 0.4) is 0 Å². The van der Waals surface area contributed by atoms with E-state index in [4.69, 9.17) is 10.5 Å². The van der Waals surface area contributed by atoms with Gasteiger partial charge in [0.25, 0.3) is 0 Å². The number of hydrogen-bond donors (Lipinski definition) is 3. The molecule has 32 heavy (non-hydrogen) atoms. The molecule has 2 aromatic carbocycles. The van der Waals surface area contributed by atoms with E-state index in [2.05, 4.69) is 41.5 Å². The molecule has 2 aromatic rings. The minimum atomic E-state index is -1.11. The summed E-state index contributed by atoms with van der Waals surface area (Å²) in [4.78, 5) is 36.2. The quantitative estimate of drug-likeness (QED) is 0.492. The van der Waals surface area contributed by atoms with Crippen LogP contribution in [0.4, 0.5) is 4.79 Å². The summed E-state index contributed by atoms with van der Waals surface area (Å²) in [6.45, 7) is 9.33. The molecule has 4 N–H and O–H groups in total. The van der Waals surface area contributed by atoms with Crippen LogP contribution >= 0.6 is 0 Å². The molecule has 2 rings (SSSR count). The minimum Gasteiger partial charge on any atom is -0.444 e. The van der Waals surface area contributed by atoms with Gasteiger partial charge in [0.1, 0.15) is 11.6 Å². The molecule has 7 heteroatoms. The zero-order chi connectivity index (χ0) is 23.7. The van der Waals surface area contributed by atoms with Crippen molar-refractivity contribution in [2.24, 2.45) is 11.7 Å². The van der Waals surface area contributed by atoms with Gasteiger partial charge in [-0.25, -0.2) is 4.79 Å². The normalized spacial score (nSPS) is 13.1. The maximum absolute atomic E-state index is 12.7. The van der Waals surface area contributed by atoms with Crippen molar-refractivity contribution in [3.8, 4) is 0 Å². The number of rotatable bonds is 10. The second-order valence-electron chi connectivity index (χ2n) is 8.85. The van der Waals surface area contributed by atoms with Gasteiger partial charge in [-0.05, 0) is 55.9 Å². The van der Waals surface area contributed by atoms with Gasteiger partial charge >= 0.3 is 6.09 Å². The number of benzene rings is 2. The van der Waals surface area contributed by atoms with Crippen molar-refractivity contribution in [3.05, 3.63) is 60.7 Å². The van der Waals surface area contributed by atoms with Crippen molar-refractivity contribution < 1.29 is 19.1 Å². The number of hydrogen-bond acceptors (Lipinski definition) is 4. The number of nitrogens with one attached hydrogen (secondary N) is 2. The fraction of sp³-hybridized carbons (Fsp3) is 0.400. The van der Waals surface area contributed by atoms with Crippen molar-refractivity contribution in [1.29, 1.82) is 0 Å². The Bertz CT molecular complexity index is 960. The number of carbonyl (C=O) groups excluding carboxylic acids is 3. The number of nitrogens with two attached hydrogens (primary N) is 1. The summed E-state index contributed by atoms with van der Waals surface area (Å²) in [6, 6.07) is 13.2. The first-order valence-electron chi connectivity index (χ1n) is 10.7. The van der Waals surface area contributed by atoms with Crippen LogP contribution in [-0.4, -0.2) is 36.1 Å². The van der Waals surface area contributed by atoms with Gasteiger partial charge in [0, 0.05) is 6.54 Å². The molecule has 7 nitrogen and oxygen atoms in total. The predicted molar refractivity (Wildman–Crippen MR) is 126 cm³/mol. The van der Waals surface area contributed by atoms with Crippen LogP contribution in [0.1, 0.15) is 39.2 Å². The Morgan fingerprint density at radius 2 is 1.81 bits per heavy atom. The highest BCUT2D eigenvalue weighted by atomic mass is 16.6. The number of alkyl carbamates (subject to hydrolysis) is 1. The summed E-state index contributed by atoms with van der Waals surface area (Å²) in [5, 5.41) is 7.62. The Labute approximate surface area is 189 Å². The number of primary amides is 1. The topological polar surface area (TPSA) is 111 Å². The highest BCUT2D eigenvalue weighted by Gasteiger charge is 2.26. The van der Waals surface area contributed by atoms with Crippen LogP contribution < -0.4 is 16.4 Å². The highest BCUT2D eigenvalue weighted by molar-refractivity contribution is 5.90. The maximum Gasteiger partial charge on any atom is 0.408 e. The Morgan fingerprint density at radius 1 is 1.12 bits per heavy atom. The zero-order valence-corrected chi connectivity index (χ0v) is 19.0. The fourth-order valence-electron chi connectivity index (χ4n) is 3.48. The standard InChI is InChI=1S/C25H33N3O4/c1-5-9-17(14-19-12-8-11-18-10-6-7-13-20(18)19)16-27-23(30)21(15-22(26)29)28-24(31)32-25(2,3)4/h5-8,10-13,17,21H,1,9,14-16H2,2-4H3,(H2,26,29)(H,27,30)(H,28,31)/t17-,21-/m0/s1. The van der Waals surface area contributed by atoms with Crippen molar-refractivity contribution in [2.75, 3.05) is 6.54 Å². The van der Waals surface area contributed by atoms with Crippen LogP contribution in [-0.2, 0) is 20.7 Å². The monoisotopic (exact) mass is 439 g/mol. The van der Waals surface area contributed by atoms with Crippen LogP contribution in [0.2, 0.25) is 0 Å². The van der Waals surface area contributed by atoms with E-state index in [1.165, 1.54) is 10.9 Å². The van der Waals surface area contributed by atoms with Gasteiger partial charge in [0.05, 0.1) is 6.42 Å². The second kappa shape index (κ2) is 11.3. The van der Waals surface area contributed by atoms with Crippen LogP contribution in [0, 0.1) is 5.92 Å². The van der Waals surface area contributed by atoms with Crippen molar-refractivity contribution >= 4 is 28.7 Å². The predicted octanol–water partition coefficient (Wildman–Crippen LogP) is 3.46. The number of ether oxygens (including phenoxy) is 1. The molecule has 0 bridgehead atoms. The number of amides is 3. The summed E-state index contributed by atoms with van der Waals surface area (Å²) in [6.07, 6.45) is 2.16. The average Bonchev–Trinajstić information content (AvgIpc) is 2.70. The summed E-state index contributed by atoms with van der Waals surface area (Å²) >= 11 is 0. The first-order valence-corrected chi connectivity index (χ1v) is 10.7. The summed E-state index contributed by atoms with van der Waals surface area (Å²) in [5.41, 5.74) is 5.72. The molecule has 2 atom stereocenters. The van der Waals surface area contributed by atoms with E-state index >= 15 is 0 Å². The maximum atomic E-state index is 12.7. The van der Waals surface area contributed by atoms with Gasteiger partial charge < -0.3 is 21.1 Å². The molecule has 0 aliphatic carbocycles. The molecule has 0 spiro atoms. The Kier molecular flexibility index (Phi) is 8.81. The molecule has 0 heterocycles. The van der Waals surface area contributed by atoms with E-state index < -0.39 is 29.6 Å². The van der Waals surface area contributed by atoms with Crippen molar-refractivity contribution in [1.82, 2.24) is 10.6 Å².